The van der Waals surface area contributed by atoms with Crippen LogP contribution in [0, 0.1) is 0 Å². The van der Waals surface area contributed by atoms with Crippen LogP contribution in [0.25, 0.3) is 15.5 Å². The van der Waals surface area contributed by atoms with Crippen LogP contribution < -0.4 is 15.4 Å². The average molecular weight is 517 g/mol. The van der Waals surface area contributed by atoms with Crippen molar-refractivity contribution >= 4 is 61.2 Å². The molecule has 4 rings (SSSR count). The highest BCUT2D eigenvalue weighted by molar-refractivity contribution is 9.10. The molecule has 0 fully saturated rings. The van der Waals surface area contributed by atoms with E-state index in [0.29, 0.717) is 15.8 Å². The molecule has 8 nitrogen and oxygen atoms in total. The number of carbonyl (C=O) groups excluding carboxylic acids is 1. The third-order valence-electron chi connectivity index (χ3n) is 4.40. The van der Waals surface area contributed by atoms with Crippen molar-refractivity contribution in [1.82, 2.24) is 25.1 Å². The molecule has 11 heteroatoms. The maximum Gasteiger partial charge on any atom is 0.257 e. The van der Waals surface area contributed by atoms with Gasteiger partial charge in [0.25, 0.3) is 5.91 Å². The van der Waals surface area contributed by atoms with Gasteiger partial charge in [0.05, 0.1) is 11.6 Å². The Hall–Kier alpha value is -2.89. The molecule has 4 aromatic rings. The van der Waals surface area contributed by atoms with E-state index in [1.54, 1.807) is 29.8 Å². The standard InChI is InChI=1S/C20H17BrN6O2S2/c1-3-16-24-25-20-27(16)26-18(31-20)11-4-7-13(8-5-11)22-19(30)23-17(28)12-6-9-15(29-2)14(21)10-12/h4-10H,3H2,1-2H3,(H2,22,23,28,30). The summed E-state index contributed by atoms with van der Waals surface area (Å²) in [5.74, 6) is 1.16. The van der Waals surface area contributed by atoms with Gasteiger partial charge in [-0.25, -0.2) is 0 Å². The van der Waals surface area contributed by atoms with E-state index in [-0.39, 0.29) is 11.0 Å². The van der Waals surface area contributed by atoms with Crippen molar-refractivity contribution in [3.8, 4) is 16.3 Å². The van der Waals surface area contributed by atoms with Gasteiger partial charge >= 0.3 is 0 Å². The fourth-order valence-corrected chi connectivity index (χ4v) is 4.45. The summed E-state index contributed by atoms with van der Waals surface area (Å²) in [6.07, 6.45) is 0.768. The Morgan fingerprint density at radius 1 is 1.23 bits per heavy atom. The number of hydrogen-bond acceptors (Lipinski definition) is 7. The Kier molecular flexibility index (Phi) is 6.25. The van der Waals surface area contributed by atoms with Gasteiger partial charge in [-0.05, 0) is 70.6 Å². The lowest BCUT2D eigenvalue weighted by Gasteiger charge is -2.11. The van der Waals surface area contributed by atoms with Gasteiger partial charge in [0, 0.05) is 23.2 Å². The molecule has 158 valence electrons. The molecule has 0 aliphatic heterocycles. The lowest BCUT2D eigenvalue weighted by Crippen LogP contribution is -2.34. The monoisotopic (exact) mass is 516 g/mol. The number of ether oxygens (including phenoxy) is 1. The number of thiocarbonyl (C=S) groups is 1. The molecule has 0 spiro atoms. The van der Waals surface area contributed by atoms with Crippen LogP contribution in [0.3, 0.4) is 0 Å². The molecule has 0 aliphatic carbocycles. The van der Waals surface area contributed by atoms with E-state index in [1.165, 1.54) is 11.3 Å². The van der Waals surface area contributed by atoms with Crippen LogP contribution in [0.15, 0.2) is 46.9 Å². The molecular formula is C20H17BrN6O2S2. The second kappa shape index (κ2) is 9.08. The minimum atomic E-state index is -0.316. The molecule has 0 atom stereocenters. The van der Waals surface area contributed by atoms with Crippen molar-refractivity contribution in [3.05, 3.63) is 58.3 Å². The van der Waals surface area contributed by atoms with Crippen molar-refractivity contribution in [2.75, 3.05) is 12.4 Å². The quantitative estimate of drug-likeness (QED) is 0.381. The molecule has 0 unspecified atom stereocenters. The van der Waals surface area contributed by atoms with Crippen LogP contribution in [-0.4, -0.2) is 37.9 Å². The number of nitrogens with zero attached hydrogens (tertiary/aromatic N) is 4. The molecule has 0 bridgehead atoms. The number of rotatable bonds is 5. The molecule has 2 aromatic heterocycles. The van der Waals surface area contributed by atoms with Gasteiger partial charge in [-0.1, -0.05) is 18.3 Å². The maximum absolute atomic E-state index is 12.4. The molecule has 2 heterocycles. The van der Waals surface area contributed by atoms with Crippen LogP contribution in [-0.2, 0) is 6.42 Å². The van der Waals surface area contributed by atoms with E-state index >= 15 is 0 Å². The zero-order valence-corrected chi connectivity index (χ0v) is 19.8. The number of fused-ring (bicyclic) bond motifs is 1. The summed E-state index contributed by atoms with van der Waals surface area (Å²) in [7, 11) is 1.57. The number of anilines is 1. The highest BCUT2D eigenvalue weighted by Gasteiger charge is 2.13. The molecule has 0 saturated heterocycles. The SMILES string of the molecule is CCc1nnc2sc(-c3ccc(NC(=S)NC(=O)c4ccc(OC)c(Br)c4)cc3)nn12. The van der Waals surface area contributed by atoms with Gasteiger partial charge in [-0.3, -0.25) is 10.1 Å². The Morgan fingerprint density at radius 3 is 2.68 bits per heavy atom. The van der Waals surface area contributed by atoms with E-state index in [2.05, 4.69) is 41.9 Å². The predicted octanol–water partition coefficient (Wildman–Crippen LogP) is 4.31. The molecule has 0 radical (unpaired) electrons. The number of aryl methyl sites for hydroxylation is 1. The first-order valence-electron chi connectivity index (χ1n) is 9.26. The normalized spacial score (nSPS) is 10.8. The number of methoxy groups -OCH3 is 1. The minimum absolute atomic E-state index is 0.205. The average Bonchev–Trinajstić information content (AvgIpc) is 3.34. The Morgan fingerprint density at radius 2 is 2.00 bits per heavy atom. The van der Waals surface area contributed by atoms with Crippen LogP contribution in [0.5, 0.6) is 5.75 Å². The number of benzene rings is 2. The summed E-state index contributed by atoms with van der Waals surface area (Å²) in [5, 5.41) is 19.6. The molecule has 0 saturated carbocycles. The summed E-state index contributed by atoms with van der Waals surface area (Å²) in [5.41, 5.74) is 2.17. The first kappa shape index (κ1) is 21.3. The lowest BCUT2D eigenvalue weighted by atomic mass is 10.2. The van der Waals surface area contributed by atoms with Crippen LogP contribution in [0.4, 0.5) is 5.69 Å². The minimum Gasteiger partial charge on any atom is -0.496 e. The zero-order chi connectivity index (χ0) is 22.0. The predicted molar refractivity (Wildman–Crippen MR) is 128 cm³/mol. The fraction of sp³-hybridized carbons (Fsp3) is 0.150. The maximum atomic E-state index is 12.4. The van der Waals surface area contributed by atoms with E-state index in [1.807, 2.05) is 31.2 Å². The first-order chi connectivity index (χ1) is 15.0. The van der Waals surface area contributed by atoms with Crippen molar-refractivity contribution in [2.45, 2.75) is 13.3 Å². The van der Waals surface area contributed by atoms with Gasteiger partial charge in [0.1, 0.15) is 10.8 Å². The van der Waals surface area contributed by atoms with Crippen LogP contribution in [0.1, 0.15) is 23.1 Å². The molecule has 2 N–H and O–H groups in total. The second-order valence-electron chi connectivity index (χ2n) is 6.41. The first-order valence-corrected chi connectivity index (χ1v) is 11.3. The highest BCUT2D eigenvalue weighted by Crippen LogP contribution is 2.27. The summed E-state index contributed by atoms with van der Waals surface area (Å²) >= 11 is 10.1. The van der Waals surface area contributed by atoms with Crippen molar-refractivity contribution in [1.29, 1.82) is 0 Å². The van der Waals surface area contributed by atoms with Crippen molar-refractivity contribution < 1.29 is 9.53 Å². The van der Waals surface area contributed by atoms with E-state index in [0.717, 1.165) is 33.5 Å². The van der Waals surface area contributed by atoms with Crippen LogP contribution in [0.2, 0.25) is 0 Å². The number of carbonyl (C=O) groups is 1. The third kappa shape index (κ3) is 4.58. The zero-order valence-electron chi connectivity index (χ0n) is 16.5. The van der Waals surface area contributed by atoms with Gasteiger partial charge in [-0.15, -0.1) is 10.2 Å². The highest BCUT2D eigenvalue weighted by atomic mass is 79.9. The summed E-state index contributed by atoms with van der Waals surface area (Å²) in [6, 6.07) is 12.7. The van der Waals surface area contributed by atoms with Gasteiger partial charge in [0.15, 0.2) is 10.9 Å². The lowest BCUT2D eigenvalue weighted by molar-refractivity contribution is 0.0977. The fourth-order valence-electron chi connectivity index (χ4n) is 2.84. The molecule has 0 aliphatic rings. The van der Waals surface area contributed by atoms with Gasteiger partial charge < -0.3 is 10.1 Å². The number of nitrogens with one attached hydrogen (secondary N) is 2. The summed E-state index contributed by atoms with van der Waals surface area (Å²) in [6.45, 7) is 2.02. The Labute approximate surface area is 195 Å². The molecule has 2 aromatic carbocycles. The molecule has 1 amide bonds. The second-order valence-corrected chi connectivity index (χ2v) is 8.62. The van der Waals surface area contributed by atoms with Crippen molar-refractivity contribution in [2.24, 2.45) is 0 Å². The number of amides is 1. The Bertz CT molecular complexity index is 1270. The smallest absolute Gasteiger partial charge is 0.257 e. The number of aromatic nitrogens is 4. The Balaban J connectivity index is 1.41. The van der Waals surface area contributed by atoms with Crippen LogP contribution >= 0.6 is 39.5 Å². The van der Waals surface area contributed by atoms with E-state index in [4.69, 9.17) is 17.0 Å². The molecular weight excluding hydrogens is 500 g/mol. The number of halogens is 1. The van der Waals surface area contributed by atoms with E-state index < -0.39 is 0 Å². The summed E-state index contributed by atoms with van der Waals surface area (Å²) in [4.78, 5) is 13.2. The third-order valence-corrected chi connectivity index (χ3v) is 6.17. The topological polar surface area (TPSA) is 93.4 Å². The van der Waals surface area contributed by atoms with Crippen molar-refractivity contribution in [3.63, 3.8) is 0 Å². The van der Waals surface area contributed by atoms with Gasteiger partial charge in [0.2, 0.25) is 4.96 Å². The van der Waals surface area contributed by atoms with E-state index in [9.17, 15) is 4.79 Å². The molecule has 31 heavy (non-hydrogen) atoms. The largest absolute Gasteiger partial charge is 0.496 e. The van der Waals surface area contributed by atoms with Gasteiger partial charge in [-0.2, -0.15) is 9.61 Å². The summed E-state index contributed by atoms with van der Waals surface area (Å²) < 4.78 is 7.64. The number of hydrogen-bond donors (Lipinski definition) is 2.